The van der Waals surface area contributed by atoms with Gasteiger partial charge in [-0.3, -0.25) is 19.5 Å². The molecular weight excluding hydrogens is 440 g/mol. The van der Waals surface area contributed by atoms with E-state index in [4.69, 9.17) is 11.6 Å². The highest BCUT2D eigenvalue weighted by Crippen LogP contribution is 2.42. The lowest BCUT2D eigenvalue weighted by Gasteiger charge is -2.31. The van der Waals surface area contributed by atoms with Crippen molar-refractivity contribution in [1.29, 1.82) is 0 Å². The summed E-state index contributed by atoms with van der Waals surface area (Å²) in [4.78, 5) is 25.4. The molecule has 1 unspecified atom stereocenters. The molecule has 1 atom stereocenters. The van der Waals surface area contributed by atoms with Crippen molar-refractivity contribution in [2.45, 2.75) is 56.0 Å². The van der Waals surface area contributed by atoms with Crippen LogP contribution in [0.1, 0.15) is 45.6 Å². The van der Waals surface area contributed by atoms with Crippen molar-refractivity contribution in [1.82, 2.24) is 14.8 Å². The van der Waals surface area contributed by atoms with Crippen molar-refractivity contribution in [3.05, 3.63) is 33.3 Å². The topological polar surface area (TPSA) is 106 Å². The average molecular weight is 465 g/mol. The van der Waals surface area contributed by atoms with E-state index in [-0.39, 0.29) is 16.6 Å². The van der Waals surface area contributed by atoms with Crippen LogP contribution < -0.4 is 10.2 Å². The molecule has 0 bridgehead atoms. The first kappa shape index (κ1) is 21.9. The van der Waals surface area contributed by atoms with Crippen molar-refractivity contribution in [2.24, 2.45) is 5.92 Å². The number of nitrogens with one attached hydrogen (secondary N) is 1. The Hall–Kier alpha value is -2.33. The van der Waals surface area contributed by atoms with Crippen LogP contribution in [0.15, 0.2) is 23.4 Å². The number of nitrogens with zero attached hydrogens (tertiary/aromatic N) is 5. The van der Waals surface area contributed by atoms with Crippen LogP contribution in [0.4, 0.5) is 17.3 Å². The number of anilines is 2. The normalized spacial score (nSPS) is 18.1. The fourth-order valence-corrected chi connectivity index (χ4v) is 4.73. The lowest BCUT2D eigenvalue weighted by Crippen LogP contribution is -2.34. The number of piperidine rings is 1. The number of nitro benzene ring substituents is 1. The molecule has 4 rings (SSSR count). The number of hydrogen-bond acceptors (Lipinski definition) is 7. The van der Waals surface area contributed by atoms with E-state index in [9.17, 15) is 14.9 Å². The van der Waals surface area contributed by atoms with Gasteiger partial charge < -0.3 is 10.2 Å². The fraction of sp³-hybridized carbons (Fsp3) is 0.550. The number of hydrogen-bond donors (Lipinski definition) is 1. The van der Waals surface area contributed by atoms with Crippen LogP contribution in [0.3, 0.4) is 0 Å². The largest absolute Gasteiger partial charge is 0.341 e. The minimum absolute atomic E-state index is 0.123. The van der Waals surface area contributed by atoms with Crippen LogP contribution in [0, 0.1) is 16.0 Å². The van der Waals surface area contributed by atoms with Gasteiger partial charge >= 0.3 is 0 Å². The summed E-state index contributed by atoms with van der Waals surface area (Å²) in [5.41, 5.74) is 0.221. The summed E-state index contributed by atoms with van der Waals surface area (Å²) in [6, 6.07) is 4.38. The van der Waals surface area contributed by atoms with Crippen molar-refractivity contribution >= 4 is 46.6 Å². The number of halogens is 1. The van der Waals surface area contributed by atoms with Crippen LogP contribution >= 0.6 is 23.4 Å². The second-order valence-electron chi connectivity index (χ2n) is 8.22. The summed E-state index contributed by atoms with van der Waals surface area (Å²) in [5, 5.41) is 22.9. The van der Waals surface area contributed by atoms with Gasteiger partial charge in [0.2, 0.25) is 11.9 Å². The van der Waals surface area contributed by atoms with Gasteiger partial charge in [-0.05, 0) is 44.6 Å². The van der Waals surface area contributed by atoms with E-state index in [1.165, 1.54) is 30.0 Å². The molecule has 1 saturated heterocycles. The van der Waals surface area contributed by atoms with E-state index in [1.54, 1.807) is 6.92 Å². The Labute approximate surface area is 189 Å². The highest BCUT2D eigenvalue weighted by Gasteiger charge is 2.33. The average Bonchev–Trinajstić information content (AvgIpc) is 3.50. The monoisotopic (exact) mass is 464 g/mol. The van der Waals surface area contributed by atoms with Gasteiger partial charge in [-0.15, -0.1) is 10.2 Å². The molecule has 1 N–H and O–H groups in total. The molecule has 166 valence electrons. The number of non-ortho nitro benzene ring substituents is 1. The zero-order valence-electron chi connectivity index (χ0n) is 17.5. The maximum atomic E-state index is 12.7. The minimum Gasteiger partial charge on any atom is -0.341 e. The van der Waals surface area contributed by atoms with Crippen LogP contribution in [0.25, 0.3) is 0 Å². The third-order valence-corrected chi connectivity index (χ3v) is 7.07. The molecule has 1 saturated carbocycles. The molecule has 0 spiro atoms. The third kappa shape index (κ3) is 4.95. The number of thioether (sulfide) groups is 1. The van der Waals surface area contributed by atoms with E-state index in [1.807, 2.05) is 0 Å². The molecule has 1 amide bonds. The zero-order chi connectivity index (χ0) is 22.1. The molecule has 31 heavy (non-hydrogen) atoms. The van der Waals surface area contributed by atoms with Gasteiger partial charge in [0.25, 0.3) is 5.69 Å². The van der Waals surface area contributed by atoms with E-state index in [2.05, 4.69) is 31.9 Å². The quantitative estimate of drug-likeness (QED) is 0.364. The predicted molar refractivity (Wildman–Crippen MR) is 121 cm³/mol. The summed E-state index contributed by atoms with van der Waals surface area (Å²) < 4.78 is 2.18. The van der Waals surface area contributed by atoms with E-state index >= 15 is 0 Å². The molecule has 2 heterocycles. The molecule has 1 aliphatic heterocycles. The number of carbonyl (C=O) groups excluding carboxylic acids is 1. The molecular formula is C20H25ClN6O3S. The van der Waals surface area contributed by atoms with Crippen LogP contribution in [0.2, 0.25) is 5.02 Å². The number of carbonyl (C=O) groups is 1. The first-order valence-electron chi connectivity index (χ1n) is 10.4. The lowest BCUT2D eigenvalue weighted by atomic mass is 10.00. The lowest BCUT2D eigenvalue weighted by molar-refractivity contribution is -0.384. The van der Waals surface area contributed by atoms with Gasteiger partial charge in [0.1, 0.15) is 0 Å². The summed E-state index contributed by atoms with van der Waals surface area (Å²) in [5.74, 6) is 1.39. The standard InChI is InChI=1S/C20H25ClN6O3S/c1-12-7-9-25(10-8-12)19-23-24-20(26(19)14-3-4-14)31-13(2)18(28)22-17-6-5-15(27(29)30)11-16(17)21/h5-6,11-14H,3-4,7-10H2,1-2H3,(H,22,28). The van der Waals surface area contributed by atoms with Gasteiger partial charge in [0.15, 0.2) is 5.16 Å². The summed E-state index contributed by atoms with van der Waals surface area (Å²) in [6.45, 7) is 6.03. The maximum Gasteiger partial charge on any atom is 0.271 e. The Bertz CT molecular complexity index is 987. The Kier molecular flexibility index (Phi) is 6.38. The number of rotatable bonds is 7. The van der Waals surface area contributed by atoms with Crippen LogP contribution in [-0.2, 0) is 4.79 Å². The third-order valence-electron chi connectivity index (χ3n) is 5.70. The smallest absolute Gasteiger partial charge is 0.271 e. The van der Waals surface area contributed by atoms with Crippen molar-refractivity contribution in [3.63, 3.8) is 0 Å². The van der Waals surface area contributed by atoms with Crippen molar-refractivity contribution in [2.75, 3.05) is 23.3 Å². The van der Waals surface area contributed by atoms with Gasteiger partial charge in [0, 0.05) is 31.3 Å². The molecule has 1 aromatic heterocycles. The van der Waals surface area contributed by atoms with E-state index in [0.717, 1.165) is 55.8 Å². The minimum atomic E-state index is -0.527. The number of amides is 1. The maximum absolute atomic E-state index is 12.7. The second-order valence-corrected chi connectivity index (χ2v) is 9.94. The van der Waals surface area contributed by atoms with Gasteiger partial charge in [-0.25, -0.2) is 0 Å². The van der Waals surface area contributed by atoms with Gasteiger partial charge in [-0.1, -0.05) is 30.3 Å². The van der Waals surface area contributed by atoms with Gasteiger partial charge in [-0.2, -0.15) is 0 Å². The first-order chi connectivity index (χ1) is 14.8. The zero-order valence-corrected chi connectivity index (χ0v) is 19.0. The highest BCUT2D eigenvalue weighted by molar-refractivity contribution is 8.00. The first-order valence-corrected chi connectivity index (χ1v) is 11.7. The second kappa shape index (κ2) is 9.04. The Morgan fingerprint density at radius 3 is 2.61 bits per heavy atom. The molecule has 1 aromatic carbocycles. The number of benzene rings is 1. The van der Waals surface area contributed by atoms with Crippen LogP contribution in [-0.4, -0.2) is 43.9 Å². The van der Waals surface area contributed by atoms with Gasteiger partial charge in [0.05, 0.1) is 20.9 Å². The molecule has 0 radical (unpaired) electrons. The van der Waals surface area contributed by atoms with E-state index < -0.39 is 10.2 Å². The highest BCUT2D eigenvalue weighted by atomic mass is 35.5. The summed E-state index contributed by atoms with van der Waals surface area (Å²) in [7, 11) is 0. The SMILES string of the molecule is CC1CCN(c2nnc(SC(C)C(=O)Nc3ccc([N+](=O)[O-])cc3Cl)n2C2CC2)CC1. The summed E-state index contributed by atoms with van der Waals surface area (Å²) in [6.07, 6.45) is 4.49. The van der Waals surface area contributed by atoms with E-state index in [0.29, 0.717) is 11.7 Å². The fourth-order valence-electron chi connectivity index (χ4n) is 3.59. The summed E-state index contributed by atoms with van der Waals surface area (Å²) >= 11 is 7.46. The molecule has 11 heteroatoms. The molecule has 9 nitrogen and oxygen atoms in total. The van der Waals surface area contributed by atoms with Crippen molar-refractivity contribution in [3.8, 4) is 0 Å². The Morgan fingerprint density at radius 2 is 2.00 bits per heavy atom. The number of nitro groups is 1. The Balaban J connectivity index is 1.45. The molecule has 2 fully saturated rings. The predicted octanol–water partition coefficient (Wildman–Crippen LogP) is 4.53. The Morgan fingerprint density at radius 1 is 1.29 bits per heavy atom. The van der Waals surface area contributed by atoms with Crippen molar-refractivity contribution < 1.29 is 9.72 Å². The molecule has 1 aliphatic carbocycles. The molecule has 2 aromatic rings. The number of aromatic nitrogens is 3. The molecule has 2 aliphatic rings. The van der Waals surface area contributed by atoms with Crippen LogP contribution in [0.5, 0.6) is 0 Å².